The highest BCUT2D eigenvalue weighted by atomic mass is 19.1. The summed E-state index contributed by atoms with van der Waals surface area (Å²) in [6.07, 6.45) is 2.87. The van der Waals surface area contributed by atoms with Crippen LogP contribution < -0.4 is 0 Å². The summed E-state index contributed by atoms with van der Waals surface area (Å²) in [6, 6.07) is 4.97. The Morgan fingerprint density at radius 1 is 1.42 bits per heavy atom. The Bertz CT molecular complexity index is 588. The van der Waals surface area contributed by atoms with E-state index in [4.69, 9.17) is 4.74 Å². The van der Waals surface area contributed by atoms with Gasteiger partial charge in [-0.15, -0.1) is 0 Å². The highest BCUT2D eigenvalue weighted by Gasteiger charge is 2.31. The molecule has 19 heavy (non-hydrogen) atoms. The molecule has 1 heterocycles. The maximum absolute atomic E-state index is 13.3. The topological polar surface area (TPSA) is 29.3 Å². The maximum Gasteiger partial charge on any atom is 0.372 e. The molecule has 2 rings (SSSR count). The molecule has 0 bridgehead atoms. The largest absolute Gasteiger partial charge is 0.464 e. The number of nitrogens with zero attached hydrogens (tertiary/aromatic N) is 1. The van der Waals surface area contributed by atoms with E-state index in [9.17, 15) is 9.18 Å². The minimum absolute atomic E-state index is 0.196. The van der Waals surface area contributed by atoms with Crippen LogP contribution in [-0.4, -0.2) is 29.9 Å². The molecule has 0 spiro atoms. The lowest BCUT2D eigenvalue weighted by atomic mass is 10.00. The molecular formula is C15H17FNO2+. The van der Waals surface area contributed by atoms with E-state index < -0.39 is 0 Å². The van der Waals surface area contributed by atoms with Crippen molar-refractivity contribution in [3.05, 3.63) is 46.9 Å². The zero-order chi connectivity index (χ0) is 14.0. The van der Waals surface area contributed by atoms with Crippen LogP contribution in [-0.2, 0) is 9.53 Å². The lowest BCUT2D eigenvalue weighted by Gasteiger charge is -2.16. The molecule has 0 fully saturated rings. The van der Waals surface area contributed by atoms with Crippen molar-refractivity contribution in [3.63, 3.8) is 0 Å². The third-order valence-corrected chi connectivity index (χ3v) is 3.27. The molecule has 0 aliphatic carbocycles. The molecule has 0 unspecified atom stereocenters. The summed E-state index contributed by atoms with van der Waals surface area (Å²) >= 11 is 0. The fourth-order valence-electron chi connectivity index (χ4n) is 2.12. The van der Waals surface area contributed by atoms with E-state index in [0.717, 1.165) is 23.4 Å². The molecule has 0 amide bonds. The number of esters is 1. The quantitative estimate of drug-likeness (QED) is 0.616. The van der Waals surface area contributed by atoms with Crippen LogP contribution in [0.4, 0.5) is 4.39 Å². The minimum Gasteiger partial charge on any atom is -0.464 e. The molecule has 4 heteroatoms. The highest BCUT2D eigenvalue weighted by molar-refractivity contribution is 6.08. The van der Waals surface area contributed by atoms with Crippen molar-refractivity contribution >= 4 is 11.7 Å². The summed E-state index contributed by atoms with van der Waals surface area (Å²) in [5, 5.41) is 0. The molecular weight excluding hydrogens is 245 g/mol. The molecule has 0 saturated carbocycles. The van der Waals surface area contributed by atoms with Crippen molar-refractivity contribution < 1.29 is 18.5 Å². The standard InChI is InChI=1S/C15H17FNO2/c1-4-12-8-14(17(12)9-15(18)19-3)11-5-6-13(16)10(2)7-11/h5-8H,4,9H2,1-3H3/q+1. The molecule has 0 N–H and O–H groups in total. The minimum atomic E-state index is -0.282. The molecule has 0 saturated heterocycles. The molecule has 1 aromatic carbocycles. The van der Waals surface area contributed by atoms with Crippen LogP contribution in [0.2, 0.25) is 0 Å². The Balaban J connectivity index is 2.33. The number of carbonyl (C=O) groups is 1. The van der Waals surface area contributed by atoms with E-state index in [1.807, 2.05) is 17.6 Å². The number of aryl methyl sites for hydroxylation is 1. The van der Waals surface area contributed by atoms with E-state index in [1.165, 1.54) is 13.2 Å². The first-order valence-corrected chi connectivity index (χ1v) is 6.25. The van der Waals surface area contributed by atoms with E-state index in [-0.39, 0.29) is 18.3 Å². The number of methoxy groups -OCH3 is 1. The van der Waals surface area contributed by atoms with Gasteiger partial charge in [-0.2, -0.15) is 4.58 Å². The van der Waals surface area contributed by atoms with Crippen LogP contribution in [0.1, 0.15) is 24.5 Å². The molecule has 100 valence electrons. The van der Waals surface area contributed by atoms with Crippen LogP contribution in [0.5, 0.6) is 0 Å². The molecule has 0 aromatic heterocycles. The summed E-state index contributed by atoms with van der Waals surface area (Å²) in [5.41, 5.74) is 3.54. The van der Waals surface area contributed by atoms with Gasteiger partial charge in [0.2, 0.25) is 12.3 Å². The first kappa shape index (κ1) is 13.5. The number of hydrogen-bond acceptors (Lipinski definition) is 2. The molecule has 3 nitrogen and oxygen atoms in total. The van der Waals surface area contributed by atoms with Crippen molar-refractivity contribution in [3.8, 4) is 0 Å². The van der Waals surface area contributed by atoms with Gasteiger partial charge in [0.05, 0.1) is 13.2 Å². The van der Waals surface area contributed by atoms with Crippen LogP contribution in [0.25, 0.3) is 0 Å². The van der Waals surface area contributed by atoms with Gasteiger partial charge in [-0.3, -0.25) is 0 Å². The molecule has 0 radical (unpaired) electrons. The Morgan fingerprint density at radius 3 is 2.74 bits per heavy atom. The van der Waals surface area contributed by atoms with Crippen LogP contribution in [0, 0.1) is 12.7 Å². The Morgan fingerprint density at radius 2 is 2.16 bits per heavy atom. The van der Waals surface area contributed by atoms with Crippen molar-refractivity contribution in [2.45, 2.75) is 20.3 Å². The number of rotatable bonds is 4. The van der Waals surface area contributed by atoms with Gasteiger partial charge in [0.15, 0.2) is 5.70 Å². The fourth-order valence-corrected chi connectivity index (χ4v) is 2.12. The number of benzene rings is 1. The van der Waals surface area contributed by atoms with Crippen molar-refractivity contribution in [1.29, 1.82) is 0 Å². The normalized spacial score (nSPS) is 14.0. The Kier molecular flexibility index (Phi) is 3.79. The van der Waals surface area contributed by atoms with Gasteiger partial charge in [0.25, 0.3) is 0 Å². The third kappa shape index (κ3) is 2.57. The lowest BCUT2D eigenvalue weighted by Crippen LogP contribution is -2.33. The van der Waals surface area contributed by atoms with E-state index in [1.54, 1.807) is 19.1 Å². The molecule has 1 aliphatic heterocycles. The number of allylic oxidation sites excluding steroid dienone is 2. The summed E-state index contributed by atoms with van der Waals surface area (Å²) in [4.78, 5) is 11.4. The second-order valence-electron chi connectivity index (χ2n) is 4.50. The van der Waals surface area contributed by atoms with Gasteiger partial charge in [0.1, 0.15) is 5.82 Å². The van der Waals surface area contributed by atoms with Crippen molar-refractivity contribution in [2.24, 2.45) is 0 Å². The Labute approximate surface area is 112 Å². The lowest BCUT2D eigenvalue weighted by molar-refractivity contribution is -0.480. The third-order valence-electron chi connectivity index (χ3n) is 3.27. The SMILES string of the molecule is CCC1=CC(c2ccc(F)c(C)c2)=[N+]1CC(=O)OC. The smallest absolute Gasteiger partial charge is 0.372 e. The van der Waals surface area contributed by atoms with Crippen LogP contribution >= 0.6 is 0 Å². The monoisotopic (exact) mass is 262 g/mol. The van der Waals surface area contributed by atoms with Crippen molar-refractivity contribution in [1.82, 2.24) is 0 Å². The summed E-state index contributed by atoms with van der Waals surface area (Å²) < 4.78 is 19.9. The maximum atomic E-state index is 13.3. The van der Waals surface area contributed by atoms with Gasteiger partial charge >= 0.3 is 5.97 Å². The summed E-state index contributed by atoms with van der Waals surface area (Å²) in [5.74, 6) is -0.502. The fraction of sp³-hybridized carbons (Fsp3) is 0.333. The average Bonchev–Trinajstić information content (AvgIpc) is 2.39. The second-order valence-corrected chi connectivity index (χ2v) is 4.50. The van der Waals surface area contributed by atoms with E-state index in [0.29, 0.717) is 5.56 Å². The van der Waals surface area contributed by atoms with Crippen molar-refractivity contribution in [2.75, 3.05) is 13.7 Å². The zero-order valence-corrected chi connectivity index (χ0v) is 11.4. The Hall–Kier alpha value is -1.97. The molecule has 1 aromatic rings. The van der Waals surface area contributed by atoms with Gasteiger partial charge in [-0.1, -0.05) is 6.92 Å². The molecule has 1 aliphatic rings. The number of carbonyl (C=O) groups excluding carboxylic acids is 1. The first-order valence-electron chi connectivity index (χ1n) is 6.25. The zero-order valence-electron chi connectivity index (χ0n) is 11.4. The second kappa shape index (κ2) is 5.34. The van der Waals surface area contributed by atoms with E-state index >= 15 is 0 Å². The highest BCUT2D eigenvalue weighted by Crippen LogP contribution is 2.20. The summed E-state index contributed by atoms with van der Waals surface area (Å²) in [7, 11) is 1.37. The first-order chi connectivity index (χ1) is 9.06. The van der Waals surface area contributed by atoms with Gasteiger partial charge in [-0.05, 0) is 30.7 Å². The molecule has 0 atom stereocenters. The number of hydrogen-bond donors (Lipinski definition) is 0. The number of ether oxygens (including phenoxy) is 1. The van der Waals surface area contributed by atoms with Gasteiger partial charge < -0.3 is 4.74 Å². The predicted molar refractivity (Wildman–Crippen MR) is 70.8 cm³/mol. The number of halogens is 1. The predicted octanol–water partition coefficient (Wildman–Crippen LogP) is 2.42. The van der Waals surface area contributed by atoms with Gasteiger partial charge in [0, 0.05) is 12.0 Å². The summed E-state index contributed by atoms with van der Waals surface area (Å²) in [6.45, 7) is 3.96. The van der Waals surface area contributed by atoms with Crippen LogP contribution in [0.15, 0.2) is 30.0 Å². The van der Waals surface area contributed by atoms with Crippen LogP contribution in [0.3, 0.4) is 0 Å². The van der Waals surface area contributed by atoms with Gasteiger partial charge in [-0.25, -0.2) is 9.18 Å². The average molecular weight is 262 g/mol. The van der Waals surface area contributed by atoms with E-state index in [2.05, 4.69) is 0 Å².